The summed E-state index contributed by atoms with van der Waals surface area (Å²) in [5.74, 6) is -0.509. The fraction of sp³-hybridized carbons (Fsp3) is 0.158. The maximum atomic E-state index is 12.9. The number of benzene rings is 1. The molecule has 0 radical (unpaired) electrons. The van der Waals surface area contributed by atoms with Gasteiger partial charge in [0.2, 0.25) is 0 Å². The Kier molecular flexibility index (Phi) is 4.16. The minimum Gasteiger partial charge on any atom is -0.465 e. The van der Waals surface area contributed by atoms with Crippen molar-refractivity contribution in [3.63, 3.8) is 0 Å². The van der Waals surface area contributed by atoms with Gasteiger partial charge in [-0.05, 0) is 30.7 Å². The van der Waals surface area contributed by atoms with E-state index in [2.05, 4.69) is 10.1 Å². The van der Waals surface area contributed by atoms with Gasteiger partial charge in [0.15, 0.2) is 5.65 Å². The third kappa shape index (κ3) is 2.86. The average Bonchev–Trinajstić information content (AvgIpc) is 3.01. The Balaban J connectivity index is 1.86. The van der Waals surface area contributed by atoms with Crippen LogP contribution in [0.4, 0.5) is 0 Å². The number of fused-ring (bicyclic) bond motifs is 3. The predicted molar refractivity (Wildman–Crippen MR) is 101 cm³/mol. The number of esters is 1. The third-order valence-electron chi connectivity index (χ3n) is 4.42. The van der Waals surface area contributed by atoms with Gasteiger partial charge in [-0.1, -0.05) is 23.7 Å². The molecule has 0 bridgehead atoms. The number of carbonyl (C=O) groups is 1. The number of hydrogen-bond donors (Lipinski definition) is 0. The van der Waals surface area contributed by atoms with Crippen molar-refractivity contribution in [1.29, 1.82) is 0 Å². The highest BCUT2D eigenvalue weighted by molar-refractivity contribution is 6.30. The fourth-order valence-electron chi connectivity index (χ4n) is 3.07. The van der Waals surface area contributed by atoms with E-state index < -0.39 is 5.97 Å². The summed E-state index contributed by atoms with van der Waals surface area (Å²) in [5.41, 5.74) is 2.50. The average molecular weight is 383 g/mol. The van der Waals surface area contributed by atoms with Crippen molar-refractivity contribution < 1.29 is 9.53 Å². The number of hydrogen-bond acceptors (Lipinski definition) is 5. The number of aromatic nitrogens is 4. The van der Waals surface area contributed by atoms with Crippen molar-refractivity contribution in [1.82, 2.24) is 19.2 Å². The number of rotatable bonds is 3. The van der Waals surface area contributed by atoms with Crippen molar-refractivity contribution >= 4 is 34.1 Å². The SMILES string of the molecule is COC(=O)c1c(C)nn2c1ncc1c(=O)n(Cc3ccc(Cl)cc3)ccc12. The van der Waals surface area contributed by atoms with Crippen molar-refractivity contribution in [2.24, 2.45) is 0 Å². The molecule has 0 saturated carbocycles. The normalized spacial score (nSPS) is 11.2. The summed E-state index contributed by atoms with van der Waals surface area (Å²) in [6.07, 6.45) is 3.17. The zero-order valence-electron chi connectivity index (χ0n) is 14.6. The molecule has 3 aromatic heterocycles. The molecule has 0 aliphatic carbocycles. The molecule has 4 rings (SSSR count). The van der Waals surface area contributed by atoms with Gasteiger partial charge in [-0.15, -0.1) is 0 Å². The largest absolute Gasteiger partial charge is 0.465 e. The monoisotopic (exact) mass is 382 g/mol. The molecule has 0 fully saturated rings. The zero-order chi connectivity index (χ0) is 19.1. The number of carbonyl (C=O) groups excluding carboxylic acids is 1. The highest BCUT2D eigenvalue weighted by Gasteiger charge is 2.20. The lowest BCUT2D eigenvalue weighted by Gasteiger charge is -2.08. The fourth-order valence-corrected chi connectivity index (χ4v) is 3.19. The van der Waals surface area contributed by atoms with Crippen LogP contribution in [-0.4, -0.2) is 32.2 Å². The summed E-state index contributed by atoms with van der Waals surface area (Å²) >= 11 is 5.91. The molecule has 7 nitrogen and oxygen atoms in total. The van der Waals surface area contributed by atoms with Crippen molar-refractivity contribution in [3.05, 3.63) is 74.9 Å². The molecule has 8 heteroatoms. The zero-order valence-corrected chi connectivity index (χ0v) is 15.4. The Labute approximate surface area is 158 Å². The number of methoxy groups -OCH3 is 1. The van der Waals surface area contributed by atoms with Crippen LogP contribution in [0.15, 0.2) is 47.5 Å². The van der Waals surface area contributed by atoms with Gasteiger partial charge in [-0.2, -0.15) is 5.10 Å². The number of halogens is 1. The van der Waals surface area contributed by atoms with Gasteiger partial charge in [0.25, 0.3) is 5.56 Å². The molecule has 0 atom stereocenters. The second-order valence-electron chi connectivity index (χ2n) is 6.12. The first-order valence-corrected chi connectivity index (χ1v) is 8.57. The highest BCUT2D eigenvalue weighted by atomic mass is 35.5. The lowest BCUT2D eigenvalue weighted by Crippen LogP contribution is -2.21. The van der Waals surface area contributed by atoms with Gasteiger partial charge >= 0.3 is 5.97 Å². The van der Waals surface area contributed by atoms with E-state index in [0.717, 1.165) is 5.56 Å². The molecule has 136 valence electrons. The molecule has 27 heavy (non-hydrogen) atoms. The molecule has 0 saturated heterocycles. The van der Waals surface area contributed by atoms with Crippen molar-refractivity contribution in [3.8, 4) is 0 Å². The molecule has 0 spiro atoms. The Morgan fingerprint density at radius 3 is 2.67 bits per heavy atom. The molecular weight excluding hydrogens is 368 g/mol. The predicted octanol–water partition coefficient (Wildman–Crippen LogP) is 2.84. The van der Waals surface area contributed by atoms with Crippen LogP contribution in [0, 0.1) is 6.92 Å². The Morgan fingerprint density at radius 2 is 1.96 bits per heavy atom. The number of nitrogens with zero attached hydrogens (tertiary/aromatic N) is 4. The van der Waals surface area contributed by atoms with E-state index in [4.69, 9.17) is 16.3 Å². The molecule has 0 aliphatic heterocycles. The Bertz CT molecular complexity index is 1240. The van der Waals surface area contributed by atoms with Gasteiger partial charge in [-0.3, -0.25) is 4.79 Å². The molecule has 4 aromatic rings. The standard InChI is InChI=1S/C19H15ClN4O3/c1-11-16(19(26)27-2)17-21-9-14-15(24(17)22-11)7-8-23(18(14)25)10-12-3-5-13(20)6-4-12/h3-9H,10H2,1-2H3. The van der Waals surface area contributed by atoms with E-state index in [9.17, 15) is 9.59 Å². The molecule has 0 N–H and O–H groups in total. The molecule has 0 unspecified atom stereocenters. The third-order valence-corrected chi connectivity index (χ3v) is 4.67. The van der Waals surface area contributed by atoms with Crippen LogP contribution in [-0.2, 0) is 11.3 Å². The summed E-state index contributed by atoms with van der Waals surface area (Å²) in [5, 5.41) is 5.43. The minimum absolute atomic E-state index is 0.190. The lowest BCUT2D eigenvalue weighted by molar-refractivity contribution is 0.0602. The van der Waals surface area contributed by atoms with E-state index in [0.29, 0.717) is 39.4 Å². The van der Waals surface area contributed by atoms with Crippen LogP contribution in [0.2, 0.25) is 5.02 Å². The maximum absolute atomic E-state index is 12.9. The smallest absolute Gasteiger partial charge is 0.343 e. The minimum atomic E-state index is -0.509. The van der Waals surface area contributed by atoms with E-state index in [1.54, 1.807) is 35.9 Å². The molecular formula is C19H15ClN4O3. The van der Waals surface area contributed by atoms with Crippen LogP contribution >= 0.6 is 11.6 Å². The molecule has 3 heterocycles. The molecule has 0 aliphatic rings. The van der Waals surface area contributed by atoms with Crippen molar-refractivity contribution in [2.45, 2.75) is 13.5 Å². The topological polar surface area (TPSA) is 78.5 Å². The van der Waals surface area contributed by atoms with Crippen molar-refractivity contribution in [2.75, 3.05) is 7.11 Å². The van der Waals surface area contributed by atoms with Gasteiger partial charge < -0.3 is 9.30 Å². The van der Waals surface area contributed by atoms with Crippen LogP contribution < -0.4 is 5.56 Å². The quantitative estimate of drug-likeness (QED) is 0.509. The molecule has 1 aromatic carbocycles. The second-order valence-corrected chi connectivity index (χ2v) is 6.56. The van der Waals surface area contributed by atoms with E-state index in [-0.39, 0.29) is 5.56 Å². The lowest BCUT2D eigenvalue weighted by atomic mass is 10.2. The summed E-state index contributed by atoms with van der Waals surface area (Å²) in [4.78, 5) is 29.2. The molecule has 0 amide bonds. The summed E-state index contributed by atoms with van der Waals surface area (Å²) in [6, 6.07) is 9.11. The summed E-state index contributed by atoms with van der Waals surface area (Å²) in [7, 11) is 1.31. The van der Waals surface area contributed by atoms with E-state index in [1.807, 2.05) is 12.1 Å². The van der Waals surface area contributed by atoms with Crippen LogP contribution in [0.1, 0.15) is 21.6 Å². The van der Waals surface area contributed by atoms with Gasteiger partial charge in [0.05, 0.1) is 30.3 Å². The summed E-state index contributed by atoms with van der Waals surface area (Å²) < 4.78 is 7.90. The second kappa shape index (κ2) is 6.51. The first kappa shape index (κ1) is 17.2. The first-order valence-electron chi connectivity index (χ1n) is 8.20. The number of ether oxygens (including phenoxy) is 1. The van der Waals surface area contributed by atoms with Gasteiger partial charge in [0.1, 0.15) is 5.56 Å². The van der Waals surface area contributed by atoms with E-state index >= 15 is 0 Å². The van der Waals surface area contributed by atoms with Crippen LogP contribution in [0.25, 0.3) is 16.6 Å². The van der Waals surface area contributed by atoms with E-state index in [1.165, 1.54) is 17.8 Å². The van der Waals surface area contributed by atoms with Crippen LogP contribution in [0.5, 0.6) is 0 Å². The maximum Gasteiger partial charge on any atom is 0.343 e. The summed E-state index contributed by atoms with van der Waals surface area (Å²) in [6.45, 7) is 2.12. The van der Waals surface area contributed by atoms with Crippen LogP contribution in [0.3, 0.4) is 0 Å². The Morgan fingerprint density at radius 1 is 1.22 bits per heavy atom. The van der Waals surface area contributed by atoms with Gasteiger partial charge in [-0.25, -0.2) is 14.3 Å². The number of pyridine rings is 1. The van der Waals surface area contributed by atoms with Gasteiger partial charge in [0, 0.05) is 17.4 Å². The first-order chi connectivity index (χ1) is 13.0. The Hall–Kier alpha value is -3.19. The highest BCUT2D eigenvalue weighted by Crippen LogP contribution is 2.19. The number of aryl methyl sites for hydroxylation is 1.